The van der Waals surface area contributed by atoms with Crippen LogP contribution in [0.4, 0.5) is 0 Å². The molecule has 0 radical (unpaired) electrons. The van der Waals surface area contributed by atoms with Crippen LogP contribution in [0.3, 0.4) is 0 Å². The molecule has 1 aromatic carbocycles. The van der Waals surface area contributed by atoms with Gasteiger partial charge in [0.1, 0.15) is 12.4 Å². The molecule has 4 heteroatoms. The molecule has 17 heavy (non-hydrogen) atoms. The molecule has 0 aliphatic carbocycles. The molecule has 0 amide bonds. The van der Waals surface area contributed by atoms with E-state index in [1.54, 1.807) is 6.07 Å². The van der Waals surface area contributed by atoms with Crippen LogP contribution in [-0.2, 0) is 0 Å². The zero-order valence-corrected chi connectivity index (χ0v) is 12.1. The fourth-order valence-electron chi connectivity index (χ4n) is 1.69. The molecule has 0 heterocycles. The predicted molar refractivity (Wildman–Crippen MR) is 74.5 cm³/mol. The van der Waals surface area contributed by atoms with Crippen LogP contribution in [0.1, 0.15) is 19.4 Å². The Morgan fingerprint density at radius 3 is 2.35 bits per heavy atom. The largest absolute Gasteiger partial charge is 0.490 e. The van der Waals surface area contributed by atoms with Gasteiger partial charge in [-0.05, 0) is 37.7 Å². The van der Waals surface area contributed by atoms with E-state index in [-0.39, 0.29) is 0 Å². The van der Waals surface area contributed by atoms with Gasteiger partial charge >= 0.3 is 0 Å². The zero-order chi connectivity index (χ0) is 12.8. The van der Waals surface area contributed by atoms with Gasteiger partial charge in [0.25, 0.3) is 0 Å². The highest BCUT2D eigenvalue weighted by Crippen LogP contribution is 2.31. The van der Waals surface area contributed by atoms with E-state index in [0.29, 0.717) is 16.7 Å². The predicted octanol–water partition coefficient (Wildman–Crippen LogP) is 4.02. The second-order valence-electron chi connectivity index (χ2n) is 3.91. The lowest BCUT2D eigenvalue weighted by Crippen LogP contribution is -2.28. The summed E-state index contributed by atoms with van der Waals surface area (Å²) in [4.78, 5) is 2.30. The summed E-state index contributed by atoms with van der Waals surface area (Å²) in [7, 11) is 0. The van der Waals surface area contributed by atoms with E-state index in [4.69, 9.17) is 27.9 Å². The van der Waals surface area contributed by atoms with Crippen LogP contribution in [0, 0.1) is 6.92 Å². The van der Waals surface area contributed by atoms with Gasteiger partial charge in [-0.1, -0.05) is 37.0 Å². The topological polar surface area (TPSA) is 12.5 Å². The Hall–Kier alpha value is -0.440. The molecule has 0 saturated heterocycles. The molecule has 0 fully saturated rings. The van der Waals surface area contributed by atoms with Gasteiger partial charge in [0.05, 0.1) is 5.02 Å². The van der Waals surface area contributed by atoms with E-state index in [0.717, 1.165) is 30.9 Å². The first kappa shape index (κ1) is 14.6. The third kappa shape index (κ3) is 4.38. The molecule has 0 spiro atoms. The maximum Gasteiger partial charge on any atom is 0.140 e. The summed E-state index contributed by atoms with van der Waals surface area (Å²) in [6, 6.07) is 3.57. The molecular weight excluding hydrogens is 257 g/mol. The summed E-state index contributed by atoms with van der Waals surface area (Å²) in [5, 5.41) is 1.22. The van der Waals surface area contributed by atoms with Crippen LogP contribution in [0.25, 0.3) is 0 Å². The first-order valence-electron chi connectivity index (χ1n) is 5.89. The van der Waals surface area contributed by atoms with E-state index in [9.17, 15) is 0 Å². The van der Waals surface area contributed by atoms with Crippen molar-refractivity contribution in [2.24, 2.45) is 0 Å². The average molecular weight is 276 g/mol. The fourth-order valence-corrected chi connectivity index (χ4v) is 2.34. The number of likely N-dealkylation sites (N-methyl/N-ethyl adjacent to an activating group) is 1. The Labute approximate surface area is 113 Å². The Kier molecular flexibility index (Phi) is 6.10. The summed E-state index contributed by atoms with van der Waals surface area (Å²) in [6.45, 7) is 9.86. The van der Waals surface area contributed by atoms with Gasteiger partial charge in [-0.2, -0.15) is 0 Å². The minimum atomic E-state index is 0.578. The van der Waals surface area contributed by atoms with Crippen LogP contribution < -0.4 is 4.74 Å². The molecule has 1 aromatic rings. The molecule has 1 rings (SSSR count). The number of halogens is 2. The van der Waals surface area contributed by atoms with Crippen molar-refractivity contribution in [3.05, 3.63) is 27.7 Å². The molecule has 96 valence electrons. The highest BCUT2D eigenvalue weighted by molar-refractivity contribution is 6.35. The third-order valence-electron chi connectivity index (χ3n) is 2.74. The average Bonchev–Trinajstić information content (AvgIpc) is 2.27. The van der Waals surface area contributed by atoms with Crippen molar-refractivity contribution in [1.82, 2.24) is 4.90 Å². The molecule has 0 bridgehead atoms. The lowest BCUT2D eigenvalue weighted by Gasteiger charge is -2.19. The molecule has 2 nitrogen and oxygen atoms in total. The van der Waals surface area contributed by atoms with Gasteiger partial charge in [-0.25, -0.2) is 0 Å². The van der Waals surface area contributed by atoms with Crippen molar-refractivity contribution < 1.29 is 4.74 Å². The summed E-state index contributed by atoms with van der Waals surface area (Å²) >= 11 is 12.0. The Morgan fingerprint density at radius 2 is 1.82 bits per heavy atom. The van der Waals surface area contributed by atoms with E-state index in [1.807, 2.05) is 13.0 Å². The van der Waals surface area contributed by atoms with Crippen LogP contribution in [0.5, 0.6) is 5.75 Å². The van der Waals surface area contributed by atoms with Gasteiger partial charge in [-0.3, -0.25) is 0 Å². The van der Waals surface area contributed by atoms with E-state index >= 15 is 0 Å². The van der Waals surface area contributed by atoms with Gasteiger partial charge < -0.3 is 9.64 Å². The van der Waals surface area contributed by atoms with E-state index in [1.165, 1.54) is 0 Å². The second-order valence-corrected chi connectivity index (χ2v) is 4.75. The number of ether oxygens (including phenoxy) is 1. The van der Waals surface area contributed by atoms with Gasteiger partial charge in [0.15, 0.2) is 0 Å². The van der Waals surface area contributed by atoms with Crippen LogP contribution in [0.2, 0.25) is 10.0 Å². The highest BCUT2D eigenvalue weighted by Gasteiger charge is 2.08. The normalized spacial score (nSPS) is 10.9. The van der Waals surface area contributed by atoms with E-state index < -0.39 is 0 Å². The minimum Gasteiger partial charge on any atom is -0.490 e. The Morgan fingerprint density at radius 1 is 1.18 bits per heavy atom. The molecule has 0 aromatic heterocycles. The molecular formula is C13H19Cl2NO. The number of benzene rings is 1. The number of hydrogen-bond donors (Lipinski definition) is 0. The number of rotatable bonds is 6. The fraction of sp³-hybridized carbons (Fsp3) is 0.538. The van der Waals surface area contributed by atoms with Crippen molar-refractivity contribution >= 4 is 23.2 Å². The number of aryl methyl sites for hydroxylation is 1. The van der Waals surface area contributed by atoms with Crippen LogP contribution in [0.15, 0.2) is 12.1 Å². The summed E-state index contributed by atoms with van der Waals surface area (Å²) in [5.41, 5.74) is 0.974. The maximum absolute atomic E-state index is 6.09. The lowest BCUT2D eigenvalue weighted by molar-refractivity contribution is 0.222. The van der Waals surface area contributed by atoms with Gasteiger partial charge in [0, 0.05) is 11.6 Å². The monoisotopic (exact) mass is 275 g/mol. The maximum atomic E-state index is 6.09. The summed E-state index contributed by atoms with van der Waals surface area (Å²) in [6.07, 6.45) is 0. The first-order valence-corrected chi connectivity index (χ1v) is 6.64. The minimum absolute atomic E-state index is 0.578. The van der Waals surface area contributed by atoms with Crippen LogP contribution in [-0.4, -0.2) is 31.1 Å². The number of hydrogen-bond acceptors (Lipinski definition) is 2. The lowest BCUT2D eigenvalue weighted by atomic mass is 10.2. The Balaban J connectivity index is 2.58. The number of nitrogens with zero attached hydrogens (tertiary/aromatic N) is 1. The Bertz CT molecular complexity index is 341. The molecule has 0 unspecified atom stereocenters. The summed E-state index contributed by atoms with van der Waals surface area (Å²) < 4.78 is 5.72. The SMILES string of the molecule is CCN(CC)CCOc1c(C)cc(Cl)cc1Cl. The highest BCUT2D eigenvalue weighted by atomic mass is 35.5. The van der Waals surface area contributed by atoms with E-state index in [2.05, 4.69) is 18.7 Å². The standard InChI is InChI=1S/C13H19Cl2NO/c1-4-16(5-2)6-7-17-13-10(3)8-11(14)9-12(13)15/h8-9H,4-7H2,1-3H3. The first-order chi connectivity index (χ1) is 8.08. The second kappa shape index (κ2) is 7.10. The molecule has 0 saturated carbocycles. The van der Waals surface area contributed by atoms with Gasteiger partial charge in [-0.15, -0.1) is 0 Å². The van der Waals surface area contributed by atoms with Crippen molar-refractivity contribution in [2.45, 2.75) is 20.8 Å². The summed E-state index contributed by atoms with van der Waals surface area (Å²) in [5.74, 6) is 0.739. The van der Waals surface area contributed by atoms with Crippen molar-refractivity contribution in [3.8, 4) is 5.75 Å². The molecule has 0 N–H and O–H groups in total. The smallest absolute Gasteiger partial charge is 0.140 e. The molecule has 0 aliphatic heterocycles. The van der Waals surface area contributed by atoms with Gasteiger partial charge in [0.2, 0.25) is 0 Å². The van der Waals surface area contributed by atoms with Crippen LogP contribution >= 0.6 is 23.2 Å². The van der Waals surface area contributed by atoms with Crippen molar-refractivity contribution in [2.75, 3.05) is 26.2 Å². The quantitative estimate of drug-likeness (QED) is 0.778. The molecule has 0 aliphatic rings. The van der Waals surface area contributed by atoms with Crippen molar-refractivity contribution in [1.29, 1.82) is 0 Å². The van der Waals surface area contributed by atoms with Crippen molar-refractivity contribution in [3.63, 3.8) is 0 Å². The zero-order valence-electron chi connectivity index (χ0n) is 10.6. The third-order valence-corrected chi connectivity index (χ3v) is 3.24. The molecule has 0 atom stereocenters.